The molecule has 0 unspecified atom stereocenters. The van der Waals surface area contributed by atoms with Crippen molar-refractivity contribution in [1.82, 2.24) is 9.88 Å². The first-order valence-corrected chi connectivity index (χ1v) is 11.3. The number of hydrogen-bond donors (Lipinski definition) is 0. The molecule has 0 aliphatic rings. The Morgan fingerprint density at radius 2 is 1.64 bits per heavy atom. The van der Waals surface area contributed by atoms with Gasteiger partial charge in [0.25, 0.3) is 0 Å². The van der Waals surface area contributed by atoms with E-state index in [0.717, 1.165) is 33.3 Å². The van der Waals surface area contributed by atoms with E-state index >= 15 is 0 Å². The van der Waals surface area contributed by atoms with Gasteiger partial charge in [-0.3, -0.25) is 9.69 Å². The monoisotopic (exact) mass is 485 g/mol. The molecule has 0 aliphatic heterocycles. The van der Waals surface area contributed by atoms with Gasteiger partial charge in [-0.05, 0) is 42.6 Å². The summed E-state index contributed by atoms with van der Waals surface area (Å²) in [6, 6.07) is 18.0. The predicted octanol–water partition coefficient (Wildman–Crippen LogP) is 5.03. The van der Waals surface area contributed by atoms with E-state index in [9.17, 15) is 4.79 Å². The number of nitrogens with zero attached hydrogens (tertiary/aromatic N) is 3. The lowest BCUT2D eigenvalue weighted by molar-refractivity contribution is -0.118. The van der Waals surface area contributed by atoms with Gasteiger partial charge in [-0.15, -0.1) is 12.4 Å². The summed E-state index contributed by atoms with van der Waals surface area (Å²) >= 11 is 1.45. The molecule has 0 fully saturated rings. The average Bonchev–Trinajstić information content (AvgIpc) is 3.23. The number of methoxy groups -OCH3 is 2. The molecule has 0 bridgehead atoms. The molecule has 0 aliphatic carbocycles. The first-order chi connectivity index (χ1) is 15.5. The smallest absolute Gasteiger partial charge is 0.233 e. The van der Waals surface area contributed by atoms with Gasteiger partial charge in [0.2, 0.25) is 5.91 Å². The molecule has 8 heteroatoms. The third-order valence-corrected chi connectivity index (χ3v) is 6.52. The summed E-state index contributed by atoms with van der Waals surface area (Å²) in [5.74, 6) is 1.40. The fraction of sp³-hybridized carbons (Fsp3) is 0.280. The van der Waals surface area contributed by atoms with Crippen LogP contribution < -0.4 is 14.4 Å². The third kappa shape index (κ3) is 5.21. The number of likely N-dealkylation sites (N-methyl/N-ethyl adjacent to an activating group) is 1. The van der Waals surface area contributed by atoms with Gasteiger partial charge in [0.1, 0.15) is 21.7 Å². The van der Waals surface area contributed by atoms with Crippen molar-refractivity contribution < 1.29 is 14.3 Å². The number of ether oxygens (including phenoxy) is 2. The molecule has 0 atom stereocenters. The number of rotatable bonds is 8. The standard InChI is InChI=1S/C25H27N3O3S.ClH/c1-27(2)14-15-28(22(29)16-18-10-7-9-17-8-5-6-11-19(17)18)25-26-23-20(30-3)12-13-21(31-4)24(23)32-25;/h5-13H,14-16H2,1-4H3;1H. The lowest BCUT2D eigenvalue weighted by Crippen LogP contribution is -2.37. The Morgan fingerprint density at radius 1 is 0.939 bits per heavy atom. The number of carbonyl (C=O) groups is 1. The maximum atomic E-state index is 13.6. The fourth-order valence-electron chi connectivity index (χ4n) is 3.72. The lowest BCUT2D eigenvalue weighted by atomic mass is 10.0. The number of halogens is 1. The number of hydrogen-bond acceptors (Lipinski definition) is 6. The molecule has 33 heavy (non-hydrogen) atoms. The molecule has 4 aromatic rings. The van der Waals surface area contributed by atoms with E-state index in [1.807, 2.05) is 50.5 Å². The number of benzene rings is 3. The predicted molar refractivity (Wildman–Crippen MR) is 139 cm³/mol. The van der Waals surface area contributed by atoms with E-state index in [0.29, 0.717) is 29.4 Å². The molecular formula is C25H28ClN3O3S. The van der Waals surface area contributed by atoms with Crippen LogP contribution in [0.5, 0.6) is 11.5 Å². The maximum absolute atomic E-state index is 13.6. The second kappa shape index (κ2) is 10.8. The molecule has 4 rings (SSSR count). The van der Waals surface area contributed by atoms with E-state index in [1.54, 1.807) is 19.1 Å². The Bertz CT molecular complexity index is 1210. The van der Waals surface area contributed by atoms with Gasteiger partial charge < -0.3 is 14.4 Å². The van der Waals surface area contributed by atoms with Crippen molar-refractivity contribution >= 4 is 55.8 Å². The largest absolute Gasteiger partial charge is 0.495 e. The minimum absolute atomic E-state index is 0. The van der Waals surface area contributed by atoms with Crippen LogP contribution in [0.4, 0.5) is 5.13 Å². The summed E-state index contributed by atoms with van der Waals surface area (Å²) in [7, 11) is 7.25. The van der Waals surface area contributed by atoms with E-state index in [1.165, 1.54) is 11.3 Å². The maximum Gasteiger partial charge on any atom is 0.233 e. The zero-order valence-electron chi connectivity index (χ0n) is 19.2. The van der Waals surface area contributed by atoms with E-state index in [-0.39, 0.29) is 18.3 Å². The van der Waals surface area contributed by atoms with Crippen LogP contribution in [0.2, 0.25) is 0 Å². The Hall–Kier alpha value is -2.87. The minimum atomic E-state index is 0. The van der Waals surface area contributed by atoms with Crippen molar-refractivity contribution in [1.29, 1.82) is 0 Å². The molecule has 6 nitrogen and oxygen atoms in total. The van der Waals surface area contributed by atoms with Gasteiger partial charge in [-0.1, -0.05) is 53.8 Å². The van der Waals surface area contributed by atoms with Crippen molar-refractivity contribution in [2.24, 2.45) is 0 Å². The third-order valence-electron chi connectivity index (χ3n) is 5.42. The van der Waals surface area contributed by atoms with Crippen molar-refractivity contribution in [2.75, 3.05) is 46.3 Å². The Morgan fingerprint density at radius 3 is 2.36 bits per heavy atom. The number of fused-ring (bicyclic) bond motifs is 2. The molecule has 0 radical (unpaired) electrons. The number of anilines is 1. The highest BCUT2D eigenvalue weighted by molar-refractivity contribution is 7.22. The highest BCUT2D eigenvalue weighted by Gasteiger charge is 2.23. The molecular weight excluding hydrogens is 458 g/mol. The van der Waals surface area contributed by atoms with Crippen LogP contribution in [-0.4, -0.2) is 57.2 Å². The molecule has 1 aromatic heterocycles. The molecule has 1 heterocycles. The summed E-state index contributed by atoms with van der Waals surface area (Å²) in [5, 5.41) is 2.88. The second-order valence-corrected chi connectivity index (χ2v) is 8.79. The molecule has 0 saturated heterocycles. The first kappa shape index (κ1) is 24.8. The minimum Gasteiger partial charge on any atom is -0.495 e. The topological polar surface area (TPSA) is 54.9 Å². The Balaban J connectivity index is 0.00000306. The SMILES string of the molecule is COc1ccc(OC)c2sc(N(CCN(C)C)C(=O)Cc3cccc4ccccc34)nc12.Cl. The fourth-order valence-corrected chi connectivity index (χ4v) is 4.84. The van der Waals surface area contributed by atoms with Gasteiger partial charge >= 0.3 is 0 Å². The summed E-state index contributed by atoms with van der Waals surface area (Å²) < 4.78 is 11.9. The van der Waals surface area contributed by atoms with E-state index in [2.05, 4.69) is 23.1 Å². The van der Waals surface area contributed by atoms with Crippen LogP contribution in [0.1, 0.15) is 5.56 Å². The summed E-state index contributed by atoms with van der Waals surface area (Å²) in [4.78, 5) is 22.2. The van der Waals surface area contributed by atoms with Crippen LogP contribution in [0, 0.1) is 0 Å². The summed E-state index contributed by atoms with van der Waals surface area (Å²) in [6.45, 7) is 1.27. The highest BCUT2D eigenvalue weighted by Crippen LogP contribution is 2.40. The van der Waals surface area contributed by atoms with Crippen LogP contribution in [0.25, 0.3) is 21.0 Å². The van der Waals surface area contributed by atoms with Gasteiger partial charge in [0.05, 0.1) is 20.6 Å². The van der Waals surface area contributed by atoms with Crippen LogP contribution in [0.15, 0.2) is 54.6 Å². The van der Waals surface area contributed by atoms with Crippen LogP contribution in [-0.2, 0) is 11.2 Å². The van der Waals surface area contributed by atoms with Crippen molar-refractivity contribution in [3.8, 4) is 11.5 Å². The summed E-state index contributed by atoms with van der Waals surface area (Å²) in [6.07, 6.45) is 0.305. The number of thiazole rings is 1. The quantitative estimate of drug-likeness (QED) is 0.350. The van der Waals surface area contributed by atoms with Crippen LogP contribution >= 0.6 is 23.7 Å². The molecule has 0 saturated carbocycles. The van der Waals surface area contributed by atoms with Gasteiger partial charge in [0, 0.05) is 13.1 Å². The van der Waals surface area contributed by atoms with E-state index < -0.39 is 0 Å². The summed E-state index contributed by atoms with van der Waals surface area (Å²) in [5.41, 5.74) is 1.72. The molecule has 0 spiro atoms. The lowest BCUT2D eigenvalue weighted by Gasteiger charge is -2.22. The molecule has 3 aromatic carbocycles. The average molecular weight is 486 g/mol. The first-order valence-electron chi connectivity index (χ1n) is 10.4. The molecule has 0 N–H and O–H groups in total. The highest BCUT2D eigenvalue weighted by atomic mass is 35.5. The Labute approximate surface area is 204 Å². The zero-order chi connectivity index (χ0) is 22.7. The van der Waals surface area contributed by atoms with Crippen molar-refractivity contribution in [3.05, 3.63) is 60.2 Å². The van der Waals surface area contributed by atoms with Gasteiger partial charge in [-0.2, -0.15) is 0 Å². The number of amides is 1. The number of aromatic nitrogens is 1. The van der Waals surface area contributed by atoms with Gasteiger partial charge in [-0.25, -0.2) is 4.98 Å². The van der Waals surface area contributed by atoms with E-state index in [4.69, 9.17) is 14.5 Å². The van der Waals surface area contributed by atoms with Crippen LogP contribution in [0.3, 0.4) is 0 Å². The number of carbonyl (C=O) groups excluding carboxylic acids is 1. The second-order valence-electron chi connectivity index (χ2n) is 7.81. The van der Waals surface area contributed by atoms with Crippen molar-refractivity contribution in [3.63, 3.8) is 0 Å². The normalized spacial score (nSPS) is 10.9. The molecule has 1 amide bonds. The van der Waals surface area contributed by atoms with Crippen molar-refractivity contribution in [2.45, 2.75) is 6.42 Å². The molecule has 174 valence electrons. The zero-order valence-corrected chi connectivity index (χ0v) is 20.8. The van der Waals surface area contributed by atoms with Gasteiger partial charge in [0.15, 0.2) is 5.13 Å². The Kier molecular flexibility index (Phi) is 8.13.